The van der Waals surface area contributed by atoms with Crippen LogP contribution in [0.15, 0.2) is 60.8 Å². The number of nitrogens with zero attached hydrogens (tertiary/aromatic N) is 1. The van der Waals surface area contributed by atoms with Gasteiger partial charge in [-0.05, 0) is 43.4 Å². The highest BCUT2D eigenvalue weighted by atomic mass is 16.5. The average Bonchev–Trinajstić information content (AvgIpc) is 3.52. The Morgan fingerprint density at radius 3 is 2.61 bits per heavy atom. The zero-order valence-electron chi connectivity index (χ0n) is 15.5. The van der Waals surface area contributed by atoms with E-state index < -0.39 is 12.1 Å². The first kappa shape index (κ1) is 18.0. The standard InChI is InChI=1S/C22H21N3O3/c1-14(21(26)25-19-8-4-6-15-5-2-3-7-18(15)19)28-22(27)16-9-12-20(23-13-16)24-17-10-11-17/h2-9,12-14,17H,10-11H2,1H3,(H,23,24)(H,25,26). The molecule has 1 aliphatic carbocycles. The van der Waals surface area contributed by atoms with Crippen molar-refractivity contribution in [3.8, 4) is 0 Å². The summed E-state index contributed by atoms with van der Waals surface area (Å²) in [5.74, 6) is -0.225. The molecule has 6 heteroatoms. The summed E-state index contributed by atoms with van der Waals surface area (Å²) in [7, 11) is 0. The summed E-state index contributed by atoms with van der Waals surface area (Å²) in [6.45, 7) is 1.55. The number of hydrogen-bond donors (Lipinski definition) is 2. The zero-order chi connectivity index (χ0) is 19.5. The Labute approximate surface area is 162 Å². The highest BCUT2D eigenvalue weighted by molar-refractivity contribution is 6.04. The van der Waals surface area contributed by atoms with Crippen molar-refractivity contribution in [2.75, 3.05) is 10.6 Å². The maximum atomic E-state index is 12.5. The number of pyridine rings is 1. The Hall–Kier alpha value is -3.41. The molecule has 0 radical (unpaired) electrons. The Bertz CT molecular complexity index is 1010. The van der Waals surface area contributed by atoms with Crippen molar-refractivity contribution in [3.05, 3.63) is 66.4 Å². The average molecular weight is 375 g/mol. The summed E-state index contributed by atoms with van der Waals surface area (Å²) in [5.41, 5.74) is 0.995. The number of amides is 1. The quantitative estimate of drug-likeness (QED) is 0.637. The summed E-state index contributed by atoms with van der Waals surface area (Å²) in [5, 5.41) is 8.05. The summed E-state index contributed by atoms with van der Waals surface area (Å²) in [6, 6.07) is 17.3. The maximum absolute atomic E-state index is 12.5. The Kier molecular flexibility index (Phi) is 4.93. The number of carbonyl (C=O) groups excluding carboxylic acids is 2. The fraction of sp³-hybridized carbons (Fsp3) is 0.227. The van der Waals surface area contributed by atoms with Gasteiger partial charge in [0.2, 0.25) is 0 Å². The van der Waals surface area contributed by atoms with Gasteiger partial charge >= 0.3 is 5.97 Å². The monoisotopic (exact) mass is 375 g/mol. The number of anilines is 2. The third kappa shape index (κ3) is 4.11. The molecule has 0 aliphatic heterocycles. The number of carbonyl (C=O) groups is 2. The van der Waals surface area contributed by atoms with Gasteiger partial charge in [-0.15, -0.1) is 0 Å². The molecule has 0 saturated heterocycles. The smallest absolute Gasteiger partial charge is 0.340 e. The molecule has 1 saturated carbocycles. The van der Waals surface area contributed by atoms with Gasteiger partial charge in [-0.1, -0.05) is 36.4 Å². The van der Waals surface area contributed by atoms with E-state index in [1.165, 1.54) is 6.20 Å². The van der Waals surface area contributed by atoms with Crippen LogP contribution >= 0.6 is 0 Å². The van der Waals surface area contributed by atoms with Gasteiger partial charge in [0.05, 0.1) is 5.56 Å². The second kappa shape index (κ2) is 7.68. The fourth-order valence-electron chi connectivity index (χ4n) is 2.89. The van der Waals surface area contributed by atoms with Gasteiger partial charge < -0.3 is 15.4 Å². The molecule has 4 rings (SSSR count). The van der Waals surface area contributed by atoms with Crippen molar-refractivity contribution in [2.24, 2.45) is 0 Å². The number of nitrogens with one attached hydrogen (secondary N) is 2. The number of fused-ring (bicyclic) bond motifs is 1. The summed E-state index contributed by atoms with van der Waals surface area (Å²) >= 11 is 0. The van der Waals surface area contributed by atoms with Crippen LogP contribution in [0.4, 0.5) is 11.5 Å². The first-order valence-corrected chi connectivity index (χ1v) is 9.32. The van der Waals surface area contributed by atoms with E-state index >= 15 is 0 Å². The molecular weight excluding hydrogens is 354 g/mol. The van der Waals surface area contributed by atoms with Gasteiger partial charge in [-0.25, -0.2) is 9.78 Å². The third-order valence-electron chi connectivity index (χ3n) is 4.63. The van der Waals surface area contributed by atoms with E-state index in [0.717, 1.165) is 29.4 Å². The molecule has 1 fully saturated rings. The molecule has 28 heavy (non-hydrogen) atoms. The van der Waals surface area contributed by atoms with Crippen LogP contribution in [0, 0.1) is 0 Å². The second-order valence-electron chi connectivity index (χ2n) is 6.91. The molecule has 1 aromatic heterocycles. The molecule has 1 atom stereocenters. The molecule has 142 valence electrons. The molecular formula is C22H21N3O3. The van der Waals surface area contributed by atoms with Crippen LogP contribution < -0.4 is 10.6 Å². The van der Waals surface area contributed by atoms with Crippen LogP contribution in [-0.2, 0) is 9.53 Å². The summed E-state index contributed by atoms with van der Waals surface area (Å²) in [6.07, 6.45) is 2.82. The molecule has 3 aromatic rings. The predicted molar refractivity (Wildman–Crippen MR) is 108 cm³/mol. The minimum atomic E-state index is -0.935. The van der Waals surface area contributed by atoms with Gasteiger partial charge in [-0.3, -0.25) is 4.79 Å². The van der Waals surface area contributed by atoms with Crippen molar-refractivity contribution >= 4 is 34.2 Å². The lowest BCUT2D eigenvalue weighted by Crippen LogP contribution is -2.30. The molecule has 1 unspecified atom stereocenters. The second-order valence-corrected chi connectivity index (χ2v) is 6.91. The Morgan fingerprint density at radius 2 is 1.86 bits per heavy atom. The van der Waals surface area contributed by atoms with E-state index in [-0.39, 0.29) is 5.91 Å². The lowest BCUT2D eigenvalue weighted by Gasteiger charge is -2.15. The van der Waals surface area contributed by atoms with E-state index in [0.29, 0.717) is 17.3 Å². The summed E-state index contributed by atoms with van der Waals surface area (Å²) < 4.78 is 5.30. The minimum Gasteiger partial charge on any atom is -0.449 e. The maximum Gasteiger partial charge on any atom is 0.340 e. The van der Waals surface area contributed by atoms with Crippen molar-refractivity contribution in [1.29, 1.82) is 0 Å². The molecule has 2 aromatic carbocycles. The van der Waals surface area contributed by atoms with Crippen LogP contribution in [0.3, 0.4) is 0 Å². The molecule has 0 spiro atoms. The van der Waals surface area contributed by atoms with E-state index in [1.54, 1.807) is 19.1 Å². The van der Waals surface area contributed by atoms with E-state index in [4.69, 9.17) is 4.74 Å². The van der Waals surface area contributed by atoms with Crippen molar-refractivity contribution in [3.63, 3.8) is 0 Å². The Morgan fingerprint density at radius 1 is 1.07 bits per heavy atom. The van der Waals surface area contributed by atoms with E-state index in [9.17, 15) is 9.59 Å². The molecule has 0 bridgehead atoms. The van der Waals surface area contributed by atoms with Crippen LogP contribution in [0.2, 0.25) is 0 Å². The highest BCUT2D eigenvalue weighted by Gasteiger charge is 2.22. The molecule has 2 N–H and O–H groups in total. The largest absolute Gasteiger partial charge is 0.449 e. The molecule has 6 nitrogen and oxygen atoms in total. The van der Waals surface area contributed by atoms with Gasteiger partial charge in [0.15, 0.2) is 6.10 Å². The number of hydrogen-bond acceptors (Lipinski definition) is 5. The molecule has 1 heterocycles. The normalized spacial score (nSPS) is 14.3. The topological polar surface area (TPSA) is 80.3 Å². The Balaban J connectivity index is 1.38. The number of rotatable bonds is 6. The number of esters is 1. The van der Waals surface area contributed by atoms with Crippen molar-refractivity contribution in [2.45, 2.75) is 31.9 Å². The predicted octanol–water partition coefficient (Wildman–Crippen LogP) is 3.99. The fourth-order valence-corrected chi connectivity index (χ4v) is 2.89. The lowest BCUT2D eigenvalue weighted by atomic mass is 10.1. The van der Waals surface area contributed by atoms with Gasteiger partial charge in [0.1, 0.15) is 5.82 Å². The molecule has 1 aliphatic rings. The van der Waals surface area contributed by atoms with Gasteiger partial charge in [0.25, 0.3) is 5.91 Å². The molecule has 1 amide bonds. The number of ether oxygens (including phenoxy) is 1. The third-order valence-corrected chi connectivity index (χ3v) is 4.63. The van der Waals surface area contributed by atoms with Crippen LogP contribution in [0.1, 0.15) is 30.1 Å². The van der Waals surface area contributed by atoms with Crippen LogP contribution in [0.25, 0.3) is 10.8 Å². The first-order chi connectivity index (χ1) is 13.6. The number of aromatic nitrogens is 1. The number of benzene rings is 2. The van der Waals surface area contributed by atoms with E-state index in [2.05, 4.69) is 15.6 Å². The van der Waals surface area contributed by atoms with Gasteiger partial charge in [-0.2, -0.15) is 0 Å². The van der Waals surface area contributed by atoms with Crippen LogP contribution in [0.5, 0.6) is 0 Å². The van der Waals surface area contributed by atoms with Crippen LogP contribution in [-0.4, -0.2) is 29.0 Å². The SMILES string of the molecule is CC(OC(=O)c1ccc(NC2CC2)nc1)C(=O)Nc1cccc2ccccc12. The van der Waals surface area contributed by atoms with Crippen molar-refractivity contribution < 1.29 is 14.3 Å². The minimum absolute atomic E-state index is 0.311. The van der Waals surface area contributed by atoms with Crippen molar-refractivity contribution in [1.82, 2.24) is 4.98 Å². The first-order valence-electron chi connectivity index (χ1n) is 9.32. The highest BCUT2D eigenvalue weighted by Crippen LogP contribution is 2.24. The van der Waals surface area contributed by atoms with E-state index in [1.807, 2.05) is 42.5 Å². The van der Waals surface area contributed by atoms with Gasteiger partial charge in [0, 0.05) is 23.3 Å². The zero-order valence-corrected chi connectivity index (χ0v) is 15.5. The summed E-state index contributed by atoms with van der Waals surface area (Å²) in [4.78, 5) is 29.0. The lowest BCUT2D eigenvalue weighted by molar-refractivity contribution is -0.123.